The van der Waals surface area contributed by atoms with Crippen molar-refractivity contribution in [2.45, 2.75) is 90.2 Å². The third kappa shape index (κ3) is 3.73. The van der Waals surface area contributed by atoms with Crippen molar-refractivity contribution in [2.24, 2.45) is 11.8 Å². The summed E-state index contributed by atoms with van der Waals surface area (Å²) < 4.78 is 16.0. The molecule has 0 radical (unpaired) electrons. The lowest BCUT2D eigenvalue weighted by molar-refractivity contribution is -0.709. The number of para-hydroxylation sites is 2. The van der Waals surface area contributed by atoms with Crippen LogP contribution in [0.5, 0.6) is 0 Å². The van der Waals surface area contributed by atoms with Crippen LogP contribution in [-0.4, -0.2) is 7.11 Å². The molecule has 3 unspecified atom stereocenters. The van der Waals surface area contributed by atoms with Crippen LogP contribution < -0.4 is 4.57 Å². The Balaban J connectivity index is 1.47. The van der Waals surface area contributed by atoms with E-state index in [1.807, 2.05) is 7.11 Å². The third-order valence-corrected chi connectivity index (χ3v) is 11.3. The highest BCUT2D eigenvalue weighted by Gasteiger charge is 2.52. The quantitative estimate of drug-likeness (QED) is 0.201. The molecule has 0 amide bonds. The van der Waals surface area contributed by atoms with E-state index in [2.05, 4.69) is 106 Å². The van der Waals surface area contributed by atoms with Crippen LogP contribution in [0, 0.1) is 11.8 Å². The van der Waals surface area contributed by atoms with E-state index in [1.54, 1.807) is 0 Å². The summed E-state index contributed by atoms with van der Waals surface area (Å²) in [4.78, 5) is 0. The number of hydrogen-bond acceptors (Lipinski definition) is 2. The maximum absolute atomic E-state index is 6.64. The summed E-state index contributed by atoms with van der Waals surface area (Å²) in [6, 6.07) is 25.1. The Kier molecular flexibility index (Phi) is 6.18. The minimum Gasteiger partial charge on any atom is -0.456 e. The van der Waals surface area contributed by atoms with Gasteiger partial charge >= 0.3 is 0 Å². The monoisotopic (exact) mass is 570 g/mol. The largest absolute Gasteiger partial charge is 0.456 e. The van der Waals surface area contributed by atoms with Gasteiger partial charge in [0.05, 0.1) is 5.56 Å². The lowest BCUT2D eigenvalue weighted by Gasteiger charge is -2.39. The molecule has 1 fully saturated rings. The molecule has 0 spiro atoms. The second-order valence-corrected chi connectivity index (χ2v) is 14.3. The minimum absolute atomic E-state index is 0.0255. The van der Waals surface area contributed by atoms with E-state index in [1.165, 1.54) is 87.5 Å². The smallest absolute Gasteiger partial charge is 0.214 e. The van der Waals surface area contributed by atoms with Gasteiger partial charge in [0.1, 0.15) is 17.4 Å². The van der Waals surface area contributed by atoms with Crippen LogP contribution in [0.4, 0.5) is 0 Å². The number of aromatic nitrogens is 1. The van der Waals surface area contributed by atoms with Crippen molar-refractivity contribution >= 4 is 21.9 Å². The molecule has 0 N–H and O–H groups in total. The average Bonchev–Trinajstić information content (AvgIpc) is 3.53. The SMILES string of the molecule is COC1c2ccc3c(c2-c2cc(C(C)C)c4ccccc4[n+]2C1C(C)C1CCCCC1)C(C)(C)c1c-3oc2ccccc12. The molecule has 0 bridgehead atoms. The number of nitrogens with zero attached hydrogens (tertiary/aromatic N) is 1. The van der Waals surface area contributed by atoms with Gasteiger partial charge in [-0.1, -0.05) is 96.3 Å². The van der Waals surface area contributed by atoms with E-state index < -0.39 is 0 Å². The molecule has 3 nitrogen and oxygen atoms in total. The molecule has 8 rings (SSSR count). The Morgan fingerprint density at radius 1 is 0.860 bits per heavy atom. The summed E-state index contributed by atoms with van der Waals surface area (Å²) in [5, 5.41) is 2.59. The molecule has 5 aromatic rings. The molecule has 0 saturated heterocycles. The first kappa shape index (κ1) is 27.1. The lowest BCUT2D eigenvalue weighted by Crippen LogP contribution is -2.53. The fourth-order valence-electron chi connectivity index (χ4n) is 9.33. The molecule has 3 heteroatoms. The number of hydrogen-bond donors (Lipinski definition) is 0. The predicted octanol–water partition coefficient (Wildman–Crippen LogP) is 10.4. The highest BCUT2D eigenvalue weighted by molar-refractivity contribution is 5.97. The van der Waals surface area contributed by atoms with Gasteiger partial charge in [0.2, 0.25) is 11.2 Å². The summed E-state index contributed by atoms with van der Waals surface area (Å²) >= 11 is 0. The standard InChI is InChI=1S/C40H44NO2/c1-23(2)30-22-32-34-28(20-21-29-35(34)40(4,5)36-27-17-11-13-19-33(27)43-38(29)36)39(42-6)37(24(3)25-14-8-7-9-15-25)41(32)31-18-12-10-16-26(30)31/h10-13,16-25,37,39H,7-9,14-15H2,1-6H3/q+1. The Morgan fingerprint density at radius 3 is 2.33 bits per heavy atom. The van der Waals surface area contributed by atoms with Crippen molar-refractivity contribution in [3.63, 3.8) is 0 Å². The highest BCUT2D eigenvalue weighted by Crippen LogP contribution is 2.59. The molecule has 1 aliphatic heterocycles. The Hall–Kier alpha value is -3.43. The molecule has 3 aromatic carbocycles. The number of fused-ring (bicyclic) bond motifs is 11. The van der Waals surface area contributed by atoms with E-state index >= 15 is 0 Å². The molecule has 1 saturated carbocycles. The second-order valence-electron chi connectivity index (χ2n) is 14.3. The maximum atomic E-state index is 6.64. The zero-order valence-electron chi connectivity index (χ0n) is 26.5. The predicted molar refractivity (Wildman–Crippen MR) is 176 cm³/mol. The number of benzene rings is 3. The molecular formula is C40H44NO2+. The fourth-order valence-corrected chi connectivity index (χ4v) is 9.33. The second kappa shape index (κ2) is 9.79. The van der Waals surface area contributed by atoms with E-state index in [9.17, 15) is 0 Å². The van der Waals surface area contributed by atoms with Crippen molar-refractivity contribution in [1.82, 2.24) is 0 Å². The van der Waals surface area contributed by atoms with Crippen molar-refractivity contribution in [3.05, 3.63) is 89.0 Å². The molecule has 3 aliphatic rings. The van der Waals surface area contributed by atoms with E-state index in [0.717, 1.165) is 11.3 Å². The summed E-state index contributed by atoms with van der Waals surface area (Å²) in [6.45, 7) is 12.0. The molecular weight excluding hydrogens is 526 g/mol. The Bertz CT molecular complexity index is 1890. The summed E-state index contributed by atoms with van der Waals surface area (Å²) in [6.07, 6.45) is 6.69. The lowest BCUT2D eigenvalue weighted by atomic mass is 9.70. The van der Waals surface area contributed by atoms with Crippen LogP contribution in [0.2, 0.25) is 0 Å². The molecule has 220 valence electrons. The van der Waals surface area contributed by atoms with Gasteiger partial charge in [-0.25, -0.2) is 0 Å². The van der Waals surface area contributed by atoms with Gasteiger partial charge in [0.25, 0.3) is 0 Å². The van der Waals surface area contributed by atoms with Crippen LogP contribution >= 0.6 is 0 Å². The van der Waals surface area contributed by atoms with Gasteiger partial charge in [-0.15, -0.1) is 0 Å². The minimum atomic E-state index is -0.218. The van der Waals surface area contributed by atoms with Gasteiger partial charge in [0.15, 0.2) is 6.04 Å². The zero-order chi connectivity index (χ0) is 29.6. The summed E-state index contributed by atoms with van der Waals surface area (Å²) in [7, 11) is 1.93. The third-order valence-electron chi connectivity index (χ3n) is 11.3. The van der Waals surface area contributed by atoms with Gasteiger partial charge < -0.3 is 9.15 Å². The van der Waals surface area contributed by atoms with Crippen molar-refractivity contribution < 1.29 is 13.7 Å². The van der Waals surface area contributed by atoms with Crippen molar-refractivity contribution in [1.29, 1.82) is 0 Å². The topological polar surface area (TPSA) is 26.2 Å². The van der Waals surface area contributed by atoms with Crippen molar-refractivity contribution in [3.8, 4) is 22.6 Å². The summed E-state index contributed by atoms with van der Waals surface area (Å²) in [5.74, 6) is 2.65. The zero-order valence-corrected chi connectivity index (χ0v) is 26.5. The highest BCUT2D eigenvalue weighted by atomic mass is 16.5. The van der Waals surface area contributed by atoms with Crippen LogP contribution in [0.25, 0.3) is 44.5 Å². The fraction of sp³-hybridized carbons (Fsp3) is 0.425. The molecule has 43 heavy (non-hydrogen) atoms. The number of furan rings is 1. The van der Waals surface area contributed by atoms with Crippen molar-refractivity contribution in [2.75, 3.05) is 7.11 Å². The number of pyridine rings is 1. The number of ether oxygens (including phenoxy) is 1. The average molecular weight is 571 g/mol. The van der Waals surface area contributed by atoms with E-state index in [0.29, 0.717) is 17.8 Å². The van der Waals surface area contributed by atoms with Crippen LogP contribution in [-0.2, 0) is 10.2 Å². The van der Waals surface area contributed by atoms with Gasteiger partial charge in [0, 0.05) is 58.0 Å². The van der Waals surface area contributed by atoms with E-state index in [-0.39, 0.29) is 17.6 Å². The van der Waals surface area contributed by atoms with Crippen LogP contribution in [0.15, 0.2) is 71.1 Å². The Labute approximate surface area is 255 Å². The van der Waals surface area contributed by atoms with E-state index in [4.69, 9.17) is 9.15 Å². The molecule has 2 aliphatic carbocycles. The van der Waals surface area contributed by atoms with Gasteiger partial charge in [-0.2, -0.15) is 4.57 Å². The maximum Gasteiger partial charge on any atom is 0.214 e. The van der Waals surface area contributed by atoms with Gasteiger partial charge in [-0.3, -0.25) is 0 Å². The summed E-state index contributed by atoms with van der Waals surface area (Å²) in [5.41, 5.74) is 11.5. The first-order valence-electron chi connectivity index (χ1n) is 16.5. The molecule has 3 heterocycles. The molecule has 3 atom stereocenters. The first-order chi connectivity index (χ1) is 20.8. The normalized spacial score (nSPS) is 21.6. The first-order valence-corrected chi connectivity index (χ1v) is 16.5. The van der Waals surface area contributed by atoms with Gasteiger partial charge in [-0.05, 0) is 47.9 Å². The number of methoxy groups -OCH3 is 1. The number of rotatable bonds is 4. The van der Waals surface area contributed by atoms with Crippen LogP contribution in [0.3, 0.4) is 0 Å². The van der Waals surface area contributed by atoms with Crippen LogP contribution in [0.1, 0.15) is 107 Å². The molecule has 2 aromatic heterocycles. The Morgan fingerprint density at radius 2 is 1.58 bits per heavy atom.